The zero-order valence-electron chi connectivity index (χ0n) is 14.6. The lowest BCUT2D eigenvalue weighted by Crippen LogP contribution is -2.40. The molecule has 1 saturated heterocycles. The fourth-order valence-electron chi connectivity index (χ4n) is 3.27. The first-order valence-electron chi connectivity index (χ1n) is 8.76. The second kappa shape index (κ2) is 7.83. The molecule has 1 aliphatic heterocycles. The molecule has 3 rings (SSSR count). The van der Waals surface area contributed by atoms with Gasteiger partial charge in [0.05, 0.1) is 0 Å². The van der Waals surface area contributed by atoms with Gasteiger partial charge in [0.25, 0.3) is 5.91 Å². The minimum absolute atomic E-state index is 0.237. The van der Waals surface area contributed by atoms with Crippen molar-refractivity contribution in [3.05, 3.63) is 46.9 Å². The molecule has 1 aromatic carbocycles. The zero-order chi connectivity index (χ0) is 17.8. The molecular weight excluding hydrogens is 336 g/mol. The van der Waals surface area contributed by atoms with Crippen molar-refractivity contribution in [1.82, 2.24) is 9.97 Å². The molecule has 132 valence electrons. The molecule has 1 fully saturated rings. The summed E-state index contributed by atoms with van der Waals surface area (Å²) in [5, 5.41) is 3.49. The number of benzene rings is 1. The Morgan fingerprint density at radius 2 is 2.04 bits per heavy atom. The van der Waals surface area contributed by atoms with Gasteiger partial charge < -0.3 is 10.2 Å². The maximum absolute atomic E-state index is 12.6. The van der Waals surface area contributed by atoms with Crippen molar-refractivity contribution >= 4 is 29.0 Å². The van der Waals surface area contributed by atoms with Crippen LogP contribution in [-0.4, -0.2) is 28.5 Å². The predicted octanol–water partition coefficient (Wildman–Crippen LogP) is 4.46. The number of carbonyl (C=O) groups is 1. The Morgan fingerprint density at radius 3 is 2.76 bits per heavy atom. The largest absolute Gasteiger partial charge is 0.354 e. The number of aryl methyl sites for hydroxylation is 1. The Kier molecular flexibility index (Phi) is 5.53. The van der Waals surface area contributed by atoms with Crippen molar-refractivity contribution in [3.8, 4) is 0 Å². The third-order valence-corrected chi connectivity index (χ3v) is 4.80. The average Bonchev–Trinajstić information content (AvgIpc) is 2.63. The third-order valence-electron chi connectivity index (χ3n) is 4.55. The van der Waals surface area contributed by atoms with Gasteiger partial charge in [0.1, 0.15) is 17.3 Å². The summed E-state index contributed by atoms with van der Waals surface area (Å²) in [4.78, 5) is 23.8. The summed E-state index contributed by atoms with van der Waals surface area (Å²) in [6.07, 6.45) is 4.66. The minimum atomic E-state index is -0.237. The summed E-state index contributed by atoms with van der Waals surface area (Å²) < 4.78 is 0. The molecule has 0 bridgehead atoms. The van der Waals surface area contributed by atoms with E-state index in [1.807, 2.05) is 6.92 Å². The zero-order valence-corrected chi connectivity index (χ0v) is 15.4. The second-order valence-corrected chi connectivity index (χ2v) is 6.81. The number of anilines is 2. The normalized spacial score (nSPS) is 17.4. The Balaban J connectivity index is 1.83. The van der Waals surface area contributed by atoms with Crippen LogP contribution in [0, 0.1) is 6.92 Å². The number of nitrogens with one attached hydrogen (secondary N) is 1. The first-order valence-corrected chi connectivity index (χ1v) is 9.14. The lowest BCUT2D eigenvalue weighted by atomic mass is 10.00. The van der Waals surface area contributed by atoms with Gasteiger partial charge in [-0.05, 0) is 56.9 Å². The van der Waals surface area contributed by atoms with Gasteiger partial charge in [0.15, 0.2) is 0 Å². The van der Waals surface area contributed by atoms with Gasteiger partial charge >= 0.3 is 0 Å². The van der Waals surface area contributed by atoms with E-state index in [0.717, 1.165) is 25.2 Å². The number of aromatic nitrogens is 2. The number of hydrogen-bond donors (Lipinski definition) is 1. The van der Waals surface area contributed by atoms with Gasteiger partial charge in [0.2, 0.25) is 0 Å². The quantitative estimate of drug-likeness (QED) is 0.876. The maximum Gasteiger partial charge on any atom is 0.274 e. The van der Waals surface area contributed by atoms with E-state index in [9.17, 15) is 4.79 Å². The molecule has 6 heteroatoms. The van der Waals surface area contributed by atoms with Crippen LogP contribution in [0.4, 0.5) is 11.5 Å². The van der Waals surface area contributed by atoms with E-state index in [4.69, 9.17) is 11.6 Å². The molecule has 1 atom stereocenters. The summed E-state index contributed by atoms with van der Waals surface area (Å²) >= 11 is 5.88. The number of halogens is 1. The molecule has 0 radical (unpaired) electrons. The van der Waals surface area contributed by atoms with E-state index >= 15 is 0 Å². The Hall–Kier alpha value is -2.14. The standard InChI is InChI=1S/C19H23ClN4O/c1-3-16-6-4-5-11-24(16)18-12-17(21-13(2)22-18)19(25)23-15-9-7-14(20)8-10-15/h7-10,12,16H,3-6,11H2,1-2H3,(H,23,25). The van der Waals surface area contributed by atoms with Crippen LogP contribution in [-0.2, 0) is 0 Å². The highest BCUT2D eigenvalue weighted by atomic mass is 35.5. The number of rotatable bonds is 4. The van der Waals surface area contributed by atoms with E-state index in [-0.39, 0.29) is 5.91 Å². The molecule has 1 N–H and O–H groups in total. The minimum Gasteiger partial charge on any atom is -0.354 e. The van der Waals surface area contributed by atoms with Gasteiger partial charge in [0, 0.05) is 29.4 Å². The smallest absolute Gasteiger partial charge is 0.274 e. The van der Waals surface area contributed by atoms with Crippen LogP contribution in [0.5, 0.6) is 0 Å². The number of nitrogens with zero attached hydrogens (tertiary/aromatic N) is 3. The van der Waals surface area contributed by atoms with Crippen LogP contribution < -0.4 is 10.2 Å². The summed E-state index contributed by atoms with van der Waals surface area (Å²) in [5.41, 5.74) is 1.08. The van der Waals surface area contributed by atoms with Gasteiger partial charge in [-0.25, -0.2) is 9.97 Å². The third kappa shape index (κ3) is 4.28. The van der Waals surface area contributed by atoms with E-state index in [0.29, 0.717) is 28.3 Å². The Morgan fingerprint density at radius 1 is 1.28 bits per heavy atom. The highest BCUT2D eigenvalue weighted by Gasteiger charge is 2.23. The molecule has 0 aliphatic carbocycles. The summed E-state index contributed by atoms with van der Waals surface area (Å²) in [7, 11) is 0. The van der Waals surface area contributed by atoms with Crippen molar-refractivity contribution in [3.63, 3.8) is 0 Å². The average molecular weight is 359 g/mol. The van der Waals surface area contributed by atoms with Crippen molar-refractivity contribution < 1.29 is 4.79 Å². The predicted molar refractivity (Wildman–Crippen MR) is 101 cm³/mol. The van der Waals surface area contributed by atoms with Crippen LogP contribution >= 0.6 is 11.6 Å². The van der Waals surface area contributed by atoms with Crippen LogP contribution in [0.2, 0.25) is 5.02 Å². The fourth-order valence-corrected chi connectivity index (χ4v) is 3.40. The molecule has 1 aromatic heterocycles. The highest BCUT2D eigenvalue weighted by molar-refractivity contribution is 6.30. The number of amides is 1. The molecule has 25 heavy (non-hydrogen) atoms. The summed E-state index contributed by atoms with van der Waals surface area (Å²) in [6, 6.07) is 9.31. The van der Waals surface area contributed by atoms with Crippen molar-refractivity contribution in [1.29, 1.82) is 0 Å². The number of carbonyl (C=O) groups excluding carboxylic acids is 1. The van der Waals surface area contributed by atoms with Crippen LogP contribution in [0.3, 0.4) is 0 Å². The molecule has 2 aromatic rings. The molecule has 1 aliphatic rings. The summed E-state index contributed by atoms with van der Waals surface area (Å²) in [5.74, 6) is 1.22. The number of hydrogen-bond acceptors (Lipinski definition) is 4. The van der Waals surface area contributed by atoms with E-state index in [2.05, 4.69) is 27.1 Å². The molecule has 1 unspecified atom stereocenters. The van der Waals surface area contributed by atoms with Gasteiger partial charge in [-0.1, -0.05) is 18.5 Å². The Labute approximate surface area is 153 Å². The van der Waals surface area contributed by atoms with Crippen LogP contribution in [0.25, 0.3) is 0 Å². The van der Waals surface area contributed by atoms with Gasteiger partial charge in [-0.2, -0.15) is 0 Å². The molecule has 0 spiro atoms. The van der Waals surface area contributed by atoms with Gasteiger partial charge in [-0.15, -0.1) is 0 Å². The van der Waals surface area contributed by atoms with E-state index < -0.39 is 0 Å². The number of piperidine rings is 1. The van der Waals surface area contributed by atoms with E-state index in [1.54, 1.807) is 30.3 Å². The van der Waals surface area contributed by atoms with Crippen molar-refractivity contribution in [2.75, 3.05) is 16.8 Å². The first kappa shape index (κ1) is 17.7. The van der Waals surface area contributed by atoms with Crippen molar-refractivity contribution in [2.45, 2.75) is 45.6 Å². The SMILES string of the molecule is CCC1CCCCN1c1cc(C(=O)Nc2ccc(Cl)cc2)nc(C)n1. The topological polar surface area (TPSA) is 58.1 Å². The fraction of sp³-hybridized carbons (Fsp3) is 0.421. The van der Waals surface area contributed by atoms with Crippen LogP contribution in [0.15, 0.2) is 30.3 Å². The maximum atomic E-state index is 12.6. The molecular formula is C19H23ClN4O. The Bertz CT molecular complexity index is 748. The first-order chi connectivity index (χ1) is 12.1. The summed E-state index contributed by atoms with van der Waals surface area (Å²) in [6.45, 7) is 5.01. The molecule has 0 saturated carbocycles. The van der Waals surface area contributed by atoms with E-state index in [1.165, 1.54) is 12.8 Å². The van der Waals surface area contributed by atoms with Crippen LogP contribution in [0.1, 0.15) is 48.9 Å². The molecule has 5 nitrogen and oxygen atoms in total. The monoisotopic (exact) mass is 358 g/mol. The lowest BCUT2D eigenvalue weighted by Gasteiger charge is -2.36. The second-order valence-electron chi connectivity index (χ2n) is 6.37. The van der Waals surface area contributed by atoms with Crippen molar-refractivity contribution in [2.24, 2.45) is 0 Å². The molecule has 1 amide bonds. The highest BCUT2D eigenvalue weighted by Crippen LogP contribution is 2.25. The lowest BCUT2D eigenvalue weighted by molar-refractivity contribution is 0.102. The van der Waals surface area contributed by atoms with Gasteiger partial charge in [-0.3, -0.25) is 4.79 Å². The molecule has 2 heterocycles.